The van der Waals surface area contributed by atoms with Gasteiger partial charge >= 0.3 is 0 Å². The van der Waals surface area contributed by atoms with Crippen LogP contribution in [-0.4, -0.2) is 41.7 Å². The first kappa shape index (κ1) is 17.2. The lowest BCUT2D eigenvalue weighted by molar-refractivity contribution is 0.221. The van der Waals surface area contributed by atoms with Crippen molar-refractivity contribution in [3.05, 3.63) is 60.4 Å². The lowest BCUT2D eigenvalue weighted by Gasteiger charge is -2.17. The van der Waals surface area contributed by atoms with E-state index in [4.69, 9.17) is 9.47 Å². The van der Waals surface area contributed by atoms with Gasteiger partial charge in [0.1, 0.15) is 6.61 Å². The molecule has 0 aliphatic rings. The molecule has 1 heterocycles. The molecule has 25 heavy (non-hydrogen) atoms. The maximum Gasteiger partial charge on any atom is 0.161 e. The Morgan fingerprint density at radius 3 is 2.36 bits per heavy atom. The summed E-state index contributed by atoms with van der Waals surface area (Å²) in [5.41, 5.74) is 2.80. The van der Waals surface area contributed by atoms with Gasteiger partial charge in [0.2, 0.25) is 0 Å². The van der Waals surface area contributed by atoms with Gasteiger partial charge in [0.15, 0.2) is 11.5 Å². The second-order valence-corrected chi connectivity index (χ2v) is 5.82. The molecule has 0 radical (unpaired) electrons. The Bertz CT molecular complexity index is 823. The zero-order chi connectivity index (χ0) is 17.5. The maximum absolute atomic E-state index is 5.87. The number of para-hydroxylation sites is 4. The van der Waals surface area contributed by atoms with Gasteiger partial charge < -0.3 is 9.47 Å². The van der Waals surface area contributed by atoms with E-state index >= 15 is 0 Å². The Labute approximate surface area is 148 Å². The topological polar surface area (TPSA) is 47.5 Å². The maximum atomic E-state index is 5.87. The summed E-state index contributed by atoms with van der Waals surface area (Å²) < 4.78 is 11.4. The number of hydrogen-bond acceptors (Lipinski definition) is 5. The third kappa shape index (κ3) is 4.67. The average molecular weight is 337 g/mol. The van der Waals surface area contributed by atoms with Crippen molar-refractivity contribution in [2.45, 2.75) is 13.5 Å². The number of aromatic nitrogens is 2. The molecule has 5 heteroatoms. The summed E-state index contributed by atoms with van der Waals surface area (Å²) in [6.45, 7) is 4.70. The van der Waals surface area contributed by atoms with Crippen LogP contribution >= 0.6 is 0 Å². The lowest BCUT2D eigenvalue weighted by atomic mass is 10.3. The molecule has 1 aromatic heterocycles. The van der Waals surface area contributed by atoms with Crippen LogP contribution in [0.1, 0.15) is 12.6 Å². The summed E-state index contributed by atoms with van der Waals surface area (Å²) in [6.07, 6.45) is 1.84. The summed E-state index contributed by atoms with van der Waals surface area (Å²) in [6, 6.07) is 15.7. The first-order valence-corrected chi connectivity index (χ1v) is 8.50. The van der Waals surface area contributed by atoms with Gasteiger partial charge in [-0.25, -0.2) is 4.98 Å². The van der Waals surface area contributed by atoms with Crippen LogP contribution in [0.25, 0.3) is 11.0 Å². The molecule has 5 nitrogen and oxygen atoms in total. The normalized spacial score (nSPS) is 11.0. The highest BCUT2D eigenvalue weighted by atomic mass is 16.5. The van der Waals surface area contributed by atoms with Crippen LogP contribution in [0.3, 0.4) is 0 Å². The van der Waals surface area contributed by atoms with E-state index in [-0.39, 0.29) is 0 Å². The Kier molecular flexibility index (Phi) is 5.80. The third-order valence-corrected chi connectivity index (χ3v) is 3.81. The Balaban J connectivity index is 1.53. The van der Waals surface area contributed by atoms with E-state index in [0.717, 1.165) is 41.3 Å². The first-order valence-electron chi connectivity index (χ1n) is 8.50. The van der Waals surface area contributed by atoms with Gasteiger partial charge in [-0.1, -0.05) is 24.3 Å². The fourth-order valence-corrected chi connectivity index (χ4v) is 2.58. The van der Waals surface area contributed by atoms with Gasteiger partial charge in [-0.15, -0.1) is 0 Å². The van der Waals surface area contributed by atoms with Crippen molar-refractivity contribution >= 4 is 11.0 Å². The van der Waals surface area contributed by atoms with E-state index < -0.39 is 0 Å². The number of hydrogen-bond donors (Lipinski definition) is 0. The SMILES string of the molecule is CCOc1ccccc1OCCN(C)Cc1cnc2ccccc2n1. The summed E-state index contributed by atoms with van der Waals surface area (Å²) in [7, 11) is 2.05. The van der Waals surface area contributed by atoms with E-state index in [1.165, 1.54) is 0 Å². The molecule has 0 N–H and O–H groups in total. The minimum absolute atomic E-state index is 0.585. The van der Waals surface area contributed by atoms with Crippen molar-refractivity contribution in [2.75, 3.05) is 26.8 Å². The molecule has 130 valence electrons. The van der Waals surface area contributed by atoms with Gasteiger partial charge in [-0.05, 0) is 38.2 Å². The molecule has 0 atom stereocenters. The summed E-state index contributed by atoms with van der Waals surface area (Å²) >= 11 is 0. The number of nitrogens with zero attached hydrogens (tertiary/aromatic N) is 3. The lowest BCUT2D eigenvalue weighted by Crippen LogP contribution is -2.24. The van der Waals surface area contributed by atoms with Crippen molar-refractivity contribution < 1.29 is 9.47 Å². The van der Waals surface area contributed by atoms with Crippen molar-refractivity contribution in [3.8, 4) is 11.5 Å². The zero-order valence-corrected chi connectivity index (χ0v) is 14.7. The molecule has 0 saturated carbocycles. The number of fused-ring (bicyclic) bond motifs is 1. The predicted molar refractivity (Wildman–Crippen MR) is 99.0 cm³/mol. The fourth-order valence-electron chi connectivity index (χ4n) is 2.58. The standard InChI is InChI=1S/C20H23N3O2/c1-3-24-19-10-6-7-11-20(19)25-13-12-23(2)15-16-14-21-17-8-4-5-9-18(17)22-16/h4-11,14H,3,12-13,15H2,1-2H3. The molecule has 0 spiro atoms. The Morgan fingerprint density at radius 2 is 1.60 bits per heavy atom. The van der Waals surface area contributed by atoms with Crippen molar-refractivity contribution in [1.82, 2.24) is 14.9 Å². The van der Waals surface area contributed by atoms with E-state index in [9.17, 15) is 0 Å². The van der Waals surface area contributed by atoms with E-state index in [2.05, 4.69) is 21.9 Å². The minimum atomic E-state index is 0.585. The predicted octanol–water partition coefficient (Wildman–Crippen LogP) is 3.54. The third-order valence-electron chi connectivity index (χ3n) is 3.81. The largest absolute Gasteiger partial charge is 0.490 e. The Hall–Kier alpha value is -2.66. The average Bonchev–Trinajstić information content (AvgIpc) is 2.63. The Morgan fingerprint density at radius 1 is 0.920 bits per heavy atom. The van der Waals surface area contributed by atoms with Crippen molar-refractivity contribution in [2.24, 2.45) is 0 Å². The molecular weight excluding hydrogens is 314 g/mol. The first-order chi connectivity index (χ1) is 12.3. The molecular formula is C20H23N3O2. The molecule has 0 fully saturated rings. The van der Waals surface area contributed by atoms with E-state index in [1.807, 2.05) is 61.7 Å². The molecule has 0 amide bonds. The molecule has 2 aromatic carbocycles. The van der Waals surface area contributed by atoms with Crippen LogP contribution in [-0.2, 0) is 6.54 Å². The molecule has 0 unspecified atom stereocenters. The quantitative estimate of drug-likeness (QED) is 0.629. The number of ether oxygens (including phenoxy) is 2. The molecule has 3 aromatic rings. The molecule has 3 rings (SSSR count). The summed E-state index contributed by atoms with van der Waals surface area (Å²) in [4.78, 5) is 11.3. The van der Waals surface area contributed by atoms with Crippen LogP contribution < -0.4 is 9.47 Å². The van der Waals surface area contributed by atoms with E-state index in [0.29, 0.717) is 13.2 Å². The molecule has 0 bridgehead atoms. The van der Waals surface area contributed by atoms with Gasteiger partial charge in [0, 0.05) is 13.1 Å². The summed E-state index contributed by atoms with van der Waals surface area (Å²) in [5, 5.41) is 0. The van der Waals surface area contributed by atoms with Crippen LogP contribution in [0, 0.1) is 0 Å². The second-order valence-electron chi connectivity index (χ2n) is 5.82. The number of rotatable bonds is 8. The van der Waals surface area contributed by atoms with Crippen LogP contribution in [0.15, 0.2) is 54.7 Å². The smallest absolute Gasteiger partial charge is 0.161 e. The zero-order valence-electron chi connectivity index (χ0n) is 14.7. The highest BCUT2D eigenvalue weighted by Crippen LogP contribution is 2.26. The summed E-state index contributed by atoms with van der Waals surface area (Å²) in [5.74, 6) is 1.57. The van der Waals surface area contributed by atoms with Crippen molar-refractivity contribution in [3.63, 3.8) is 0 Å². The molecule has 0 aliphatic heterocycles. The molecule has 0 saturated heterocycles. The minimum Gasteiger partial charge on any atom is -0.490 e. The van der Waals surface area contributed by atoms with Crippen LogP contribution in [0.4, 0.5) is 0 Å². The van der Waals surface area contributed by atoms with Crippen LogP contribution in [0.2, 0.25) is 0 Å². The van der Waals surface area contributed by atoms with Gasteiger partial charge in [-0.3, -0.25) is 9.88 Å². The second kappa shape index (κ2) is 8.44. The fraction of sp³-hybridized carbons (Fsp3) is 0.300. The number of likely N-dealkylation sites (N-methyl/N-ethyl adjacent to an activating group) is 1. The van der Waals surface area contributed by atoms with Gasteiger partial charge in [-0.2, -0.15) is 0 Å². The van der Waals surface area contributed by atoms with Gasteiger partial charge in [0.05, 0.1) is 29.5 Å². The van der Waals surface area contributed by atoms with Crippen molar-refractivity contribution in [1.29, 1.82) is 0 Å². The monoisotopic (exact) mass is 337 g/mol. The highest BCUT2D eigenvalue weighted by Gasteiger charge is 2.06. The van der Waals surface area contributed by atoms with E-state index in [1.54, 1.807) is 0 Å². The van der Waals surface area contributed by atoms with Gasteiger partial charge in [0.25, 0.3) is 0 Å². The highest BCUT2D eigenvalue weighted by molar-refractivity contribution is 5.73. The molecule has 0 aliphatic carbocycles. The van der Waals surface area contributed by atoms with Crippen LogP contribution in [0.5, 0.6) is 11.5 Å². The number of benzene rings is 2.